The maximum absolute atomic E-state index is 6.01. The molecule has 1 atom stereocenters. The highest BCUT2D eigenvalue weighted by molar-refractivity contribution is 5.60. The molecule has 0 saturated carbocycles. The van der Waals surface area contributed by atoms with Crippen molar-refractivity contribution in [2.24, 2.45) is 5.73 Å². The predicted molar refractivity (Wildman–Crippen MR) is 55.6 cm³/mol. The third-order valence-electron chi connectivity index (χ3n) is 3.07. The molecule has 0 saturated heterocycles. The predicted octanol–water partition coefficient (Wildman–Crippen LogP) is 1.83. The molecule has 13 heavy (non-hydrogen) atoms. The van der Waals surface area contributed by atoms with E-state index in [0.29, 0.717) is 0 Å². The van der Waals surface area contributed by atoms with Crippen molar-refractivity contribution in [2.45, 2.75) is 32.7 Å². The van der Waals surface area contributed by atoms with Crippen molar-refractivity contribution in [3.63, 3.8) is 0 Å². The zero-order valence-electron chi connectivity index (χ0n) is 8.22. The van der Waals surface area contributed by atoms with Gasteiger partial charge in [-0.05, 0) is 48.9 Å². The van der Waals surface area contributed by atoms with Gasteiger partial charge in [0.15, 0.2) is 0 Å². The Labute approximate surface area is 78.9 Å². The van der Waals surface area contributed by atoms with E-state index in [0.717, 1.165) is 18.5 Å². The molecule has 0 spiro atoms. The number of benzene rings is 1. The summed E-state index contributed by atoms with van der Waals surface area (Å²) in [6, 6.07) is 2.39. The van der Waals surface area contributed by atoms with E-state index in [2.05, 4.69) is 19.9 Å². The van der Waals surface area contributed by atoms with Crippen LogP contribution in [-0.4, -0.2) is 0 Å². The average molecular weight is 176 g/mol. The fourth-order valence-electron chi connectivity index (χ4n) is 2.28. The van der Waals surface area contributed by atoms with Crippen LogP contribution in [-0.2, 0) is 6.42 Å². The largest absolute Gasteiger partial charge is 0.398 e. The zero-order valence-corrected chi connectivity index (χ0v) is 8.22. The topological polar surface area (TPSA) is 52.0 Å². The molecule has 0 aliphatic heterocycles. The molecule has 1 aliphatic rings. The molecule has 4 N–H and O–H groups in total. The molecule has 0 aromatic heterocycles. The second-order valence-corrected chi connectivity index (χ2v) is 3.95. The lowest BCUT2D eigenvalue weighted by molar-refractivity contribution is 0.710. The number of hydrogen-bond donors (Lipinski definition) is 2. The third-order valence-corrected chi connectivity index (χ3v) is 3.07. The summed E-state index contributed by atoms with van der Waals surface area (Å²) < 4.78 is 0. The van der Waals surface area contributed by atoms with Crippen LogP contribution in [0.4, 0.5) is 5.69 Å². The summed E-state index contributed by atoms with van der Waals surface area (Å²) in [4.78, 5) is 0. The van der Waals surface area contributed by atoms with Crippen molar-refractivity contribution in [3.05, 3.63) is 28.3 Å². The lowest BCUT2D eigenvalue weighted by Gasteiger charge is -2.13. The van der Waals surface area contributed by atoms with Gasteiger partial charge in [-0.2, -0.15) is 0 Å². The van der Waals surface area contributed by atoms with Crippen LogP contribution in [0.1, 0.15) is 34.7 Å². The molecule has 0 unspecified atom stereocenters. The summed E-state index contributed by atoms with van der Waals surface area (Å²) in [6.45, 7) is 4.14. The van der Waals surface area contributed by atoms with Gasteiger partial charge in [-0.25, -0.2) is 0 Å². The van der Waals surface area contributed by atoms with Gasteiger partial charge in [-0.3, -0.25) is 0 Å². The van der Waals surface area contributed by atoms with Crippen LogP contribution >= 0.6 is 0 Å². The first-order valence-electron chi connectivity index (χ1n) is 4.75. The van der Waals surface area contributed by atoms with E-state index in [9.17, 15) is 0 Å². The van der Waals surface area contributed by atoms with Gasteiger partial charge in [0.25, 0.3) is 0 Å². The molecular weight excluding hydrogens is 160 g/mol. The van der Waals surface area contributed by atoms with Gasteiger partial charge in [0.2, 0.25) is 0 Å². The van der Waals surface area contributed by atoms with Crippen molar-refractivity contribution >= 4 is 5.69 Å². The summed E-state index contributed by atoms with van der Waals surface area (Å²) in [5.74, 6) is 0. The molecule has 0 radical (unpaired) electrons. The number of aryl methyl sites for hydroxylation is 2. The van der Waals surface area contributed by atoms with Gasteiger partial charge in [0.1, 0.15) is 0 Å². The minimum Gasteiger partial charge on any atom is -0.398 e. The van der Waals surface area contributed by atoms with E-state index in [-0.39, 0.29) is 6.04 Å². The van der Waals surface area contributed by atoms with Crippen molar-refractivity contribution in [1.29, 1.82) is 0 Å². The number of rotatable bonds is 0. The highest BCUT2D eigenvalue weighted by atomic mass is 14.7. The molecule has 0 amide bonds. The molecule has 1 aromatic rings. The molecule has 0 fully saturated rings. The van der Waals surface area contributed by atoms with E-state index in [1.165, 1.54) is 22.3 Å². The smallest absolute Gasteiger partial charge is 0.0377 e. The molecule has 1 aliphatic carbocycles. The summed E-state index contributed by atoms with van der Waals surface area (Å²) >= 11 is 0. The van der Waals surface area contributed by atoms with Crippen LogP contribution in [0, 0.1) is 13.8 Å². The normalized spacial score (nSPS) is 20.4. The Morgan fingerprint density at radius 3 is 2.77 bits per heavy atom. The Kier molecular flexibility index (Phi) is 1.81. The van der Waals surface area contributed by atoms with Crippen molar-refractivity contribution in [3.8, 4) is 0 Å². The van der Waals surface area contributed by atoms with Crippen molar-refractivity contribution in [1.82, 2.24) is 0 Å². The molecule has 0 bridgehead atoms. The summed E-state index contributed by atoms with van der Waals surface area (Å²) in [7, 11) is 0. The Bertz CT molecular complexity index is 356. The van der Waals surface area contributed by atoms with E-state index < -0.39 is 0 Å². The fourth-order valence-corrected chi connectivity index (χ4v) is 2.28. The van der Waals surface area contributed by atoms with Gasteiger partial charge in [0, 0.05) is 11.7 Å². The molecule has 1 aromatic carbocycles. The first-order valence-corrected chi connectivity index (χ1v) is 4.75. The Balaban J connectivity index is 2.68. The van der Waals surface area contributed by atoms with E-state index in [1.807, 2.05) is 0 Å². The second-order valence-electron chi connectivity index (χ2n) is 3.95. The first-order chi connectivity index (χ1) is 6.11. The highest BCUT2D eigenvalue weighted by Gasteiger charge is 2.22. The third kappa shape index (κ3) is 1.13. The van der Waals surface area contributed by atoms with E-state index >= 15 is 0 Å². The Morgan fingerprint density at radius 2 is 2.08 bits per heavy atom. The quantitative estimate of drug-likeness (QED) is 0.592. The molecular formula is C11H16N2. The Morgan fingerprint density at radius 1 is 1.38 bits per heavy atom. The zero-order chi connectivity index (χ0) is 9.59. The molecule has 2 rings (SSSR count). The summed E-state index contributed by atoms with van der Waals surface area (Å²) in [5, 5.41) is 0. The highest BCUT2D eigenvalue weighted by Crippen LogP contribution is 2.35. The van der Waals surface area contributed by atoms with Crippen LogP contribution in [0.2, 0.25) is 0 Å². The van der Waals surface area contributed by atoms with Crippen LogP contribution in [0.15, 0.2) is 6.07 Å². The number of nitrogen functional groups attached to an aromatic ring is 1. The molecule has 70 valence electrons. The fraction of sp³-hybridized carbons (Fsp3) is 0.455. The lowest BCUT2D eigenvalue weighted by Crippen LogP contribution is -2.09. The standard InChI is InChI=1S/C11H16N2/c1-6-5-8-3-4-9(12)10(8)7(2)11(6)13/h5,9H,3-4,12-13H2,1-2H3/t9-/m1/s1. The van der Waals surface area contributed by atoms with Crippen LogP contribution in [0.5, 0.6) is 0 Å². The van der Waals surface area contributed by atoms with Gasteiger partial charge in [0.05, 0.1) is 0 Å². The number of fused-ring (bicyclic) bond motifs is 1. The second kappa shape index (κ2) is 2.74. The summed E-state index contributed by atoms with van der Waals surface area (Å²) in [6.07, 6.45) is 2.18. The molecule has 2 heteroatoms. The van der Waals surface area contributed by atoms with Crippen molar-refractivity contribution in [2.75, 3.05) is 5.73 Å². The monoisotopic (exact) mass is 176 g/mol. The SMILES string of the molecule is Cc1cc2c(c(C)c1N)[C@H](N)CC2. The molecule has 2 nitrogen and oxygen atoms in total. The number of nitrogens with two attached hydrogens (primary N) is 2. The maximum Gasteiger partial charge on any atom is 0.0377 e. The maximum atomic E-state index is 6.01. The average Bonchev–Trinajstić information content (AvgIpc) is 2.43. The van der Waals surface area contributed by atoms with Gasteiger partial charge >= 0.3 is 0 Å². The Hall–Kier alpha value is -1.02. The van der Waals surface area contributed by atoms with Crippen LogP contribution in [0.3, 0.4) is 0 Å². The minimum absolute atomic E-state index is 0.206. The van der Waals surface area contributed by atoms with Crippen molar-refractivity contribution < 1.29 is 0 Å². The first kappa shape index (κ1) is 8.57. The lowest BCUT2D eigenvalue weighted by atomic mass is 9.97. The minimum atomic E-state index is 0.206. The van der Waals surface area contributed by atoms with Crippen LogP contribution in [0.25, 0.3) is 0 Å². The summed E-state index contributed by atoms with van der Waals surface area (Å²) in [5.41, 5.74) is 18.0. The van der Waals surface area contributed by atoms with E-state index in [4.69, 9.17) is 11.5 Å². The number of anilines is 1. The molecule has 0 heterocycles. The van der Waals surface area contributed by atoms with E-state index in [1.54, 1.807) is 0 Å². The van der Waals surface area contributed by atoms with Crippen LogP contribution < -0.4 is 11.5 Å². The van der Waals surface area contributed by atoms with Gasteiger partial charge in [-0.15, -0.1) is 0 Å². The van der Waals surface area contributed by atoms with Gasteiger partial charge < -0.3 is 11.5 Å². The van der Waals surface area contributed by atoms with Gasteiger partial charge in [-0.1, -0.05) is 6.07 Å². The number of hydrogen-bond acceptors (Lipinski definition) is 2.